The van der Waals surface area contributed by atoms with Gasteiger partial charge >= 0.3 is 0 Å². The monoisotopic (exact) mass is 379 g/mol. The van der Waals surface area contributed by atoms with Gasteiger partial charge in [0, 0.05) is 36.4 Å². The highest BCUT2D eigenvalue weighted by Crippen LogP contribution is 2.30. The van der Waals surface area contributed by atoms with Crippen molar-refractivity contribution < 1.29 is 9.21 Å². The van der Waals surface area contributed by atoms with Gasteiger partial charge in [0.25, 0.3) is 5.91 Å². The third-order valence-corrected chi connectivity index (χ3v) is 4.89. The van der Waals surface area contributed by atoms with E-state index < -0.39 is 0 Å². The van der Waals surface area contributed by atoms with Crippen molar-refractivity contribution in [3.8, 4) is 0 Å². The molecule has 2 aromatic heterocycles. The lowest BCUT2D eigenvalue weighted by Gasteiger charge is -2.11. The molecule has 2 aromatic carbocycles. The fraction of sp³-hybridized carbons (Fsp3) is 0.143. The van der Waals surface area contributed by atoms with Crippen molar-refractivity contribution in [2.24, 2.45) is 0 Å². The number of carbonyl (C=O) groups is 1. The Hall–Kier alpha value is -3.05. The summed E-state index contributed by atoms with van der Waals surface area (Å²) in [6, 6.07) is 13.5. The Morgan fingerprint density at radius 3 is 2.74 bits per heavy atom. The first kappa shape index (κ1) is 17.4. The molecule has 0 aliphatic heterocycles. The van der Waals surface area contributed by atoms with Crippen LogP contribution in [0.1, 0.15) is 27.2 Å². The molecule has 1 amide bonds. The predicted molar refractivity (Wildman–Crippen MR) is 105 cm³/mol. The zero-order valence-electron chi connectivity index (χ0n) is 14.8. The highest BCUT2D eigenvalue weighted by atomic mass is 35.5. The number of fused-ring (bicyclic) bond motifs is 1. The molecular formula is C21H18ClN3O2. The van der Waals surface area contributed by atoms with Crippen LogP contribution in [0.2, 0.25) is 5.02 Å². The molecule has 0 radical (unpaired) electrons. The second kappa shape index (κ2) is 7.29. The topological polar surface area (TPSA) is 60.1 Å². The Labute approximate surface area is 161 Å². The summed E-state index contributed by atoms with van der Waals surface area (Å²) in [6.45, 7) is 2.98. The van der Waals surface area contributed by atoms with Gasteiger partial charge in [0.15, 0.2) is 11.3 Å². The second-order valence-corrected chi connectivity index (χ2v) is 6.77. The molecule has 136 valence electrons. The number of aryl methyl sites for hydroxylation is 1. The number of imidazole rings is 1. The number of amides is 1. The van der Waals surface area contributed by atoms with Crippen LogP contribution in [-0.4, -0.2) is 15.5 Å². The summed E-state index contributed by atoms with van der Waals surface area (Å²) in [4.78, 5) is 16.8. The number of hydrogen-bond acceptors (Lipinski definition) is 3. The van der Waals surface area contributed by atoms with E-state index in [9.17, 15) is 4.79 Å². The highest BCUT2D eigenvalue weighted by molar-refractivity contribution is 6.35. The smallest absolute Gasteiger partial charge is 0.287 e. The van der Waals surface area contributed by atoms with Gasteiger partial charge in [-0.05, 0) is 24.1 Å². The zero-order chi connectivity index (χ0) is 18.8. The maximum absolute atomic E-state index is 12.7. The second-order valence-electron chi connectivity index (χ2n) is 6.36. The lowest BCUT2D eigenvalue weighted by atomic mass is 10.1. The fourth-order valence-electron chi connectivity index (χ4n) is 3.14. The van der Waals surface area contributed by atoms with Crippen LogP contribution in [0, 0.1) is 6.92 Å². The summed E-state index contributed by atoms with van der Waals surface area (Å²) in [5.41, 5.74) is 3.51. The lowest BCUT2D eigenvalue weighted by molar-refractivity contribution is 0.0924. The van der Waals surface area contributed by atoms with Gasteiger partial charge < -0.3 is 14.3 Å². The van der Waals surface area contributed by atoms with Crippen LogP contribution in [-0.2, 0) is 13.1 Å². The SMILES string of the molecule is Cc1c(C(=O)NCc2ccccc2Cn2ccnc2)oc2c(Cl)cccc12. The first-order valence-corrected chi connectivity index (χ1v) is 8.99. The van der Waals surface area contributed by atoms with Crippen LogP contribution < -0.4 is 5.32 Å². The van der Waals surface area contributed by atoms with Gasteiger partial charge in [0.05, 0.1) is 11.3 Å². The van der Waals surface area contributed by atoms with E-state index in [0.29, 0.717) is 29.5 Å². The molecule has 0 spiro atoms. The Morgan fingerprint density at radius 2 is 2.00 bits per heavy atom. The largest absolute Gasteiger partial charge is 0.449 e. The van der Waals surface area contributed by atoms with Gasteiger partial charge in [-0.1, -0.05) is 48.0 Å². The van der Waals surface area contributed by atoms with E-state index in [1.54, 1.807) is 18.6 Å². The summed E-state index contributed by atoms with van der Waals surface area (Å²) in [7, 11) is 0. The molecule has 0 aliphatic carbocycles. The quantitative estimate of drug-likeness (QED) is 0.552. The van der Waals surface area contributed by atoms with E-state index in [1.165, 1.54) is 0 Å². The Bertz CT molecular complexity index is 1100. The molecule has 4 rings (SSSR count). The Morgan fingerprint density at radius 1 is 1.19 bits per heavy atom. The third-order valence-electron chi connectivity index (χ3n) is 4.59. The summed E-state index contributed by atoms with van der Waals surface area (Å²) in [5, 5.41) is 4.31. The molecule has 0 bridgehead atoms. The molecule has 0 unspecified atom stereocenters. The lowest BCUT2D eigenvalue weighted by Crippen LogP contribution is -2.23. The number of carbonyl (C=O) groups excluding carboxylic acids is 1. The van der Waals surface area contributed by atoms with E-state index in [1.807, 2.05) is 54.1 Å². The molecule has 0 atom stereocenters. The van der Waals surface area contributed by atoms with E-state index >= 15 is 0 Å². The van der Waals surface area contributed by atoms with Crippen molar-refractivity contribution in [1.82, 2.24) is 14.9 Å². The minimum absolute atomic E-state index is 0.253. The molecule has 6 heteroatoms. The Balaban J connectivity index is 1.54. The van der Waals surface area contributed by atoms with Gasteiger partial charge in [0.1, 0.15) is 0 Å². The third kappa shape index (κ3) is 3.46. The number of halogens is 1. The van der Waals surface area contributed by atoms with Gasteiger partial charge in [-0.3, -0.25) is 4.79 Å². The van der Waals surface area contributed by atoms with E-state index in [-0.39, 0.29) is 5.91 Å². The first-order chi connectivity index (χ1) is 13.1. The van der Waals surface area contributed by atoms with E-state index in [0.717, 1.165) is 22.1 Å². The van der Waals surface area contributed by atoms with Gasteiger partial charge in [-0.15, -0.1) is 0 Å². The molecule has 1 N–H and O–H groups in total. The average Bonchev–Trinajstić information content (AvgIpc) is 3.30. The molecule has 5 nitrogen and oxygen atoms in total. The van der Waals surface area contributed by atoms with Crippen LogP contribution in [0.15, 0.2) is 65.6 Å². The van der Waals surface area contributed by atoms with Crippen LogP contribution >= 0.6 is 11.6 Å². The van der Waals surface area contributed by atoms with Crippen LogP contribution in [0.3, 0.4) is 0 Å². The Kier molecular flexibility index (Phi) is 4.69. The summed E-state index contributed by atoms with van der Waals surface area (Å²) in [6.07, 6.45) is 5.44. The zero-order valence-corrected chi connectivity index (χ0v) is 15.5. The van der Waals surface area contributed by atoms with Crippen LogP contribution in [0.4, 0.5) is 0 Å². The molecule has 4 aromatic rings. The number of aromatic nitrogens is 2. The van der Waals surface area contributed by atoms with Crippen LogP contribution in [0.5, 0.6) is 0 Å². The van der Waals surface area contributed by atoms with Crippen molar-refractivity contribution >= 4 is 28.5 Å². The summed E-state index contributed by atoms with van der Waals surface area (Å²) >= 11 is 6.18. The van der Waals surface area contributed by atoms with Crippen molar-refractivity contribution in [3.63, 3.8) is 0 Å². The van der Waals surface area contributed by atoms with Crippen molar-refractivity contribution in [3.05, 3.63) is 88.7 Å². The van der Waals surface area contributed by atoms with Crippen molar-refractivity contribution in [2.75, 3.05) is 0 Å². The number of hydrogen-bond donors (Lipinski definition) is 1. The first-order valence-electron chi connectivity index (χ1n) is 8.62. The average molecular weight is 380 g/mol. The molecule has 0 saturated heterocycles. The number of rotatable bonds is 5. The van der Waals surface area contributed by atoms with Gasteiger partial charge in [-0.25, -0.2) is 4.98 Å². The fourth-order valence-corrected chi connectivity index (χ4v) is 3.36. The maximum atomic E-state index is 12.7. The number of benzene rings is 2. The number of furan rings is 1. The maximum Gasteiger partial charge on any atom is 0.287 e. The molecule has 27 heavy (non-hydrogen) atoms. The highest BCUT2D eigenvalue weighted by Gasteiger charge is 2.19. The summed E-state index contributed by atoms with van der Waals surface area (Å²) < 4.78 is 7.73. The molecule has 2 heterocycles. The van der Waals surface area contributed by atoms with Gasteiger partial charge in [-0.2, -0.15) is 0 Å². The van der Waals surface area contributed by atoms with E-state index in [4.69, 9.17) is 16.0 Å². The van der Waals surface area contributed by atoms with Crippen molar-refractivity contribution in [1.29, 1.82) is 0 Å². The molecular weight excluding hydrogens is 362 g/mol. The van der Waals surface area contributed by atoms with Crippen LogP contribution in [0.25, 0.3) is 11.0 Å². The number of nitrogens with one attached hydrogen (secondary N) is 1. The molecule has 0 aliphatic rings. The minimum atomic E-state index is -0.253. The standard InChI is InChI=1S/C21H18ClN3O2/c1-14-17-7-4-8-18(22)20(17)27-19(14)21(26)24-11-15-5-2-3-6-16(15)12-25-10-9-23-13-25/h2-10,13H,11-12H2,1H3,(H,24,26). The van der Waals surface area contributed by atoms with E-state index in [2.05, 4.69) is 10.3 Å². The summed E-state index contributed by atoms with van der Waals surface area (Å²) in [5.74, 6) is 0.0439. The van der Waals surface area contributed by atoms with Gasteiger partial charge in [0.2, 0.25) is 0 Å². The molecule has 0 fully saturated rings. The molecule has 0 saturated carbocycles. The van der Waals surface area contributed by atoms with Crippen molar-refractivity contribution in [2.45, 2.75) is 20.0 Å². The minimum Gasteiger partial charge on any atom is -0.449 e. The normalized spacial score (nSPS) is 11.0. The predicted octanol–water partition coefficient (Wildman–Crippen LogP) is 4.57. The number of para-hydroxylation sites is 1. The number of nitrogens with zero attached hydrogens (tertiary/aromatic N) is 2.